The Bertz CT molecular complexity index is 532. The molecule has 0 saturated carbocycles. The summed E-state index contributed by atoms with van der Waals surface area (Å²) < 4.78 is 28.5. The zero-order valence-corrected chi connectivity index (χ0v) is 13.2. The Hall–Kier alpha value is -0.920. The number of nitrogens with one attached hydrogen (secondary N) is 1. The van der Waals surface area contributed by atoms with Gasteiger partial charge >= 0.3 is 0 Å². The highest BCUT2D eigenvalue weighted by molar-refractivity contribution is 7.89. The van der Waals surface area contributed by atoms with Gasteiger partial charge in [-0.1, -0.05) is 13.8 Å². The van der Waals surface area contributed by atoms with E-state index in [2.05, 4.69) is 10.4 Å². The Labute approximate surface area is 121 Å². The molecule has 1 aliphatic heterocycles. The molecule has 1 aromatic heterocycles. The molecule has 2 rings (SSSR count). The molecule has 0 radical (unpaired) electrons. The van der Waals surface area contributed by atoms with E-state index in [-0.39, 0.29) is 10.9 Å². The summed E-state index contributed by atoms with van der Waals surface area (Å²) in [6.45, 7) is 6.12. The summed E-state index contributed by atoms with van der Waals surface area (Å²) in [7, 11) is -1.73. The number of nitrogens with zero attached hydrogens (tertiary/aromatic N) is 3. The quantitative estimate of drug-likeness (QED) is 0.844. The van der Waals surface area contributed by atoms with Gasteiger partial charge in [-0.05, 0) is 25.3 Å². The third-order valence-electron chi connectivity index (χ3n) is 3.47. The van der Waals surface area contributed by atoms with E-state index in [9.17, 15) is 8.42 Å². The molecule has 1 aromatic rings. The molecular formula is C13H24N4O2S. The third kappa shape index (κ3) is 3.59. The smallest absolute Gasteiger partial charge is 0.246 e. The average Bonchev–Trinajstić information content (AvgIpc) is 2.99. The first-order valence-electron chi connectivity index (χ1n) is 7.12. The summed E-state index contributed by atoms with van der Waals surface area (Å²) in [4.78, 5) is 0.277. The van der Waals surface area contributed by atoms with Crippen molar-refractivity contribution in [3.8, 4) is 0 Å². The van der Waals surface area contributed by atoms with Crippen LogP contribution in [0.3, 0.4) is 0 Å². The van der Waals surface area contributed by atoms with Gasteiger partial charge in [0.15, 0.2) is 0 Å². The highest BCUT2D eigenvalue weighted by atomic mass is 32.2. The van der Waals surface area contributed by atoms with Crippen molar-refractivity contribution >= 4 is 10.0 Å². The lowest BCUT2D eigenvalue weighted by Crippen LogP contribution is -2.42. The zero-order chi connectivity index (χ0) is 14.8. The molecule has 20 heavy (non-hydrogen) atoms. The van der Waals surface area contributed by atoms with Gasteiger partial charge in [-0.2, -0.15) is 9.40 Å². The number of sulfonamides is 1. The molecular weight excluding hydrogens is 276 g/mol. The van der Waals surface area contributed by atoms with Gasteiger partial charge in [0, 0.05) is 32.4 Å². The van der Waals surface area contributed by atoms with E-state index in [0.717, 1.165) is 19.4 Å². The van der Waals surface area contributed by atoms with Gasteiger partial charge in [0.1, 0.15) is 4.90 Å². The summed E-state index contributed by atoms with van der Waals surface area (Å²) in [5.41, 5.74) is 0. The van der Waals surface area contributed by atoms with Crippen molar-refractivity contribution in [3.63, 3.8) is 0 Å². The van der Waals surface area contributed by atoms with Gasteiger partial charge in [0.2, 0.25) is 10.0 Å². The van der Waals surface area contributed by atoms with E-state index in [1.807, 2.05) is 13.8 Å². The minimum Gasteiger partial charge on any atom is -0.313 e. The second-order valence-electron chi connectivity index (χ2n) is 5.86. The van der Waals surface area contributed by atoms with E-state index in [1.54, 1.807) is 17.5 Å². The van der Waals surface area contributed by atoms with E-state index in [0.29, 0.717) is 19.0 Å². The average molecular weight is 300 g/mol. The lowest BCUT2D eigenvalue weighted by Gasteiger charge is -2.26. The van der Waals surface area contributed by atoms with Gasteiger partial charge < -0.3 is 5.32 Å². The molecule has 2 heterocycles. The maximum atomic E-state index is 12.7. The molecule has 0 spiro atoms. The fourth-order valence-corrected chi connectivity index (χ4v) is 4.15. The largest absolute Gasteiger partial charge is 0.313 e. The Morgan fingerprint density at radius 2 is 2.30 bits per heavy atom. The van der Waals surface area contributed by atoms with Crippen molar-refractivity contribution in [2.24, 2.45) is 13.0 Å². The Balaban J connectivity index is 2.19. The first-order chi connectivity index (χ1) is 9.39. The molecule has 1 N–H and O–H groups in total. The van der Waals surface area contributed by atoms with Gasteiger partial charge in [0.25, 0.3) is 0 Å². The molecule has 6 nitrogen and oxygen atoms in total. The molecule has 1 atom stereocenters. The second kappa shape index (κ2) is 6.24. The van der Waals surface area contributed by atoms with Crippen LogP contribution in [-0.2, 0) is 17.1 Å². The molecule has 0 bridgehead atoms. The van der Waals surface area contributed by atoms with Gasteiger partial charge in [-0.25, -0.2) is 8.42 Å². The maximum Gasteiger partial charge on any atom is 0.246 e. The van der Waals surface area contributed by atoms with Crippen LogP contribution in [0.5, 0.6) is 0 Å². The number of aryl methyl sites for hydroxylation is 1. The highest BCUT2D eigenvalue weighted by Gasteiger charge is 2.29. The fraction of sp³-hybridized carbons (Fsp3) is 0.769. The summed E-state index contributed by atoms with van der Waals surface area (Å²) in [5.74, 6) is 0.294. The van der Waals surface area contributed by atoms with E-state index < -0.39 is 10.0 Å². The predicted molar refractivity (Wildman–Crippen MR) is 77.8 cm³/mol. The van der Waals surface area contributed by atoms with Crippen LogP contribution in [-0.4, -0.2) is 48.2 Å². The van der Waals surface area contributed by atoms with Crippen molar-refractivity contribution in [2.45, 2.75) is 37.6 Å². The van der Waals surface area contributed by atoms with Gasteiger partial charge in [0.05, 0.1) is 6.20 Å². The normalized spacial score (nSPS) is 20.1. The van der Waals surface area contributed by atoms with Crippen LogP contribution in [0.25, 0.3) is 0 Å². The minimum absolute atomic E-state index is 0.264. The summed E-state index contributed by atoms with van der Waals surface area (Å²) >= 11 is 0. The van der Waals surface area contributed by atoms with Crippen molar-refractivity contribution < 1.29 is 8.42 Å². The van der Waals surface area contributed by atoms with Crippen LogP contribution < -0.4 is 5.32 Å². The third-order valence-corrected chi connectivity index (χ3v) is 5.26. The molecule has 114 valence electrons. The Kier molecular flexibility index (Phi) is 4.82. The highest BCUT2D eigenvalue weighted by Crippen LogP contribution is 2.18. The number of hydrogen-bond acceptors (Lipinski definition) is 4. The van der Waals surface area contributed by atoms with Crippen molar-refractivity contribution in [1.29, 1.82) is 0 Å². The van der Waals surface area contributed by atoms with Crippen molar-refractivity contribution in [3.05, 3.63) is 12.4 Å². The number of aromatic nitrogens is 2. The molecule has 1 fully saturated rings. The predicted octanol–water partition coefficient (Wildman–Crippen LogP) is 0.819. The molecule has 1 unspecified atom stereocenters. The SMILES string of the molecule is CC(C)CN(CC1CCCN1)S(=O)(=O)c1cnn(C)c1. The number of hydrogen-bond donors (Lipinski definition) is 1. The number of rotatable bonds is 6. The first-order valence-corrected chi connectivity index (χ1v) is 8.56. The molecule has 0 aromatic carbocycles. The molecule has 0 amide bonds. The molecule has 1 saturated heterocycles. The summed E-state index contributed by atoms with van der Waals surface area (Å²) in [5, 5.41) is 7.33. The zero-order valence-electron chi connectivity index (χ0n) is 12.4. The Morgan fingerprint density at radius 3 is 2.80 bits per heavy atom. The van der Waals surface area contributed by atoms with Crippen molar-refractivity contribution in [1.82, 2.24) is 19.4 Å². The monoisotopic (exact) mass is 300 g/mol. The molecule has 7 heteroatoms. The Morgan fingerprint density at radius 1 is 1.55 bits per heavy atom. The van der Waals surface area contributed by atoms with Crippen LogP contribution >= 0.6 is 0 Å². The lowest BCUT2D eigenvalue weighted by molar-refractivity contribution is 0.336. The van der Waals surface area contributed by atoms with Crippen LogP contribution in [0, 0.1) is 5.92 Å². The van der Waals surface area contributed by atoms with Crippen LogP contribution in [0.4, 0.5) is 0 Å². The fourth-order valence-electron chi connectivity index (χ4n) is 2.52. The molecule has 1 aliphatic rings. The first kappa shape index (κ1) is 15.5. The summed E-state index contributed by atoms with van der Waals surface area (Å²) in [6.07, 6.45) is 5.14. The van der Waals surface area contributed by atoms with Crippen LogP contribution in [0.2, 0.25) is 0 Å². The molecule has 0 aliphatic carbocycles. The van der Waals surface area contributed by atoms with Gasteiger partial charge in [-0.3, -0.25) is 4.68 Å². The van der Waals surface area contributed by atoms with Crippen molar-refractivity contribution in [2.75, 3.05) is 19.6 Å². The second-order valence-corrected chi connectivity index (χ2v) is 7.80. The van der Waals surface area contributed by atoms with E-state index in [4.69, 9.17) is 0 Å². The van der Waals surface area contributed by atoms with Crippen LogP contribution in [0.15, 0.2) is 17.3 Å². The van der Waals surface area contributed by atoms with Crippen LogP contribution in [0.1, 0.15) is 26.7 Å². The standard InChI is InChI=1S/C13H24N4O2S/c1-11(2)8-17(9-12-5-4-6-14-12)20(18,19)13-7-15-16(3)10-13/h7,10-12,14H,4-6,8-9H2,1-3H3. The maximum absolute atomic E-state index is 12.7. The topological polar surface area (TPSA) is 67.2 Å². The lowest BCUT2D eigenvalue weighted by atomic mass is 10.2. The van der Waals surface area contributed by atoms with Gasteiger partial charge in [-0.15, -0.1) is 0 Å². The van der Waals surface area contributed by atoms with E-state index >= 15 is 0 Å². The summed E-state index contributed by atoms with van der Waals surface area (Å²) in [6, 6.07) is 0.264. The minimum atomic E-state index is -3.45. The van der Waals surface area contributed by atoms with E-state index in [1.165, 1.54) is 10.9 Å².